The molecule has 0 spiro atoms. The zero-order chi connectivity index (χ0) is 17.5. The lowest BCUT2D eigenvalue weighted by Crippen LogP contribution is -2.26. The maximum absolute atomic E-state index is 9.93. The molecule has 134 valence electrons. The maximum atomic E-state index is 9.93. The zero-order valence-electron chi connectivity index (χ0n) is 14.8. The van der Waals surface area contributed by atoms with Gasteiger partial charge in [-0.25, -0.2) is 4.98 Å². The number of hydrogen-bond donors (Lipinski definition) is 1. The number of ether oxygens (including phenoxy) is 2. The highest BCUT2D eigenvalue weighted by molar-refractivity contribution is 5.29. The molecule has 1 atom stereocenters. The molecule has 0 bridgehead atoms. The van der Waals surface area contributed by atoms with Crippen molar-refractivity contribution in [3.8, 4) is 11.6 Å². The van der Waals surface area contributed by atoms with Gasteiger partial charge in [-0.1, -0.05) is 13.0 Å². The van der Waals surface area contributed by atoms with Crippen LogP contribution in [0.1, 0.15) is 43.1 Å². The highest BCUT2D eigenvalue weighted by Crippen LogP contribution is 2.20. The van der Waals surface area contributed by atoms with Crippen molar-refractivity contribution in [1.82, 2.24) is 9.97 Å². The Kier molecular flexibility index (Phi) is 6.23. The van der Waals surface area contributed by atoms with Crippen LogP contribution in [-0.2, 0) is 24.0 Å². The van der Waals surface area contributed by atoms with Gasteiger partial charge in [-0.2, -0.15) is 0 Å². The van der Waals surface area contributed by atoms with Gasteiger partial charge in [-0.05, 0) is 50.2 Å². The second-order valence-electron chi connectivity index (χ2n) is 6.47. The molecule has 3 heterocycles. The molecular formula is C20H26N2O3. The predicted molar refractivity (Wildman–Crippen MR) is 96.0 cm³/mol. The highest BCUT2D eigenvalue weighted by atomic mass is 16.5. The highest BCUT2D eigenvalue weighted by Gasteiger charge is 2.15. The lowest BCUT2D eigenvalue weighted by atomic mass is 10.1. The van der Waals surface area contributed by atoms with Crippen molar-refractivity contribution in [2.45, 2.75) is 51.6 Å². The fourth-order valence-electron chi connectivity index (χ4n) is 2.93. The third kappa shape index (κ3) is 5.43. The molecule has 5 heteroatoms. The topological polar surface area (TPSA) is 64.5 Å². The summed E-state index contributed by atoms with van der Waals surface area (Å²) < 4.78 is 11.4. The Morgan fingerprint density at radius 2 is 2.08 bits per heavy atom. The summed E-state index contributed by atoms with van der Waals surface area (Å²) in [5.41, 5.74) is 3.07. The monoisotopic (exact) mass is 342 g/mol. The van der Waals surface area contributed by atoms with Crippen molar-refractivity contribution in [2.75, 3.05) is 13.2 Å². The van der Waals surface area contributed by atoms with Crippen LogP contribution in [0.25, 0.3) is 0 Å². The Bertz CT molecular complexity index is 667. The third-order valence-corrected chi connectivity index (χ3v) is 4.46. The Labute approximate surface area is 149 Å². The van der Waals surface area contributed by atoms with E-state index in [1.807, 2.05) is 6.20 Å². The molecule has 0 saturated carbocycles. The molecule has 0 radical (unpaired) electrons. The summed E-state index contributed by atoms with van der Waals surface area (Å²) in [5, 5.41) is 9.93. The number of nitrogens with zero attached hydrogens (tertiary/aromatic N) is 2. The van der Waals surface area contributed by atoms with Gasteiger partial charge in [-0.15, -0.1) is 0 Å². The van der Waals surface area contributed by atoms with Crippen LogP contribution < -0.4 is 4.74 Å². The van der Waals surface area contributed by atoms with E-state index >= 15 is 0 Å². The molecule has 2 aromatic rings. The SMILES string of the molecule is CCc1ccc(CCc2cc(O)cc(OCC3CCCCO3)n2)nc1. The molecule has 3 rings (SSSR count). The molecule has 1 unspecified atom stereocenters. The first-order valence-corrected chi connectivity index (χ1v) is 9.11. The van der Waals surface area contributed by atoms with Crippen molar-refractivity contribution in [1.29, 1.82) is 0 Å². The van der Waals surface area contributed by atoms with Gasteiger partial charge in [0.15, 0.2) is 0 Å². The van der Waals surface area contributed by atoms with E-state index in [-0.39, 0.29) is 11.9 Å². The Hall–Kier alpha value is -2.14. The first kappa shape index (κ1) is 17.7. The minimum atomic E-state index is 0.127. The number of aromatic nitrogens is 2. The van der Waals surface area contributed by atoms with Crippen LogP contribution in [0, 0.1) is 0 Å². The van der Waals surface area contributed by atoms with E-state index in [0.29, 0.717) is 18.9 Å². The van der Waals surface area contributed by atoms with Crippen molar-refractivity contribution in [3.05, 3.63) is 47.4 Å². The second kappa shape index (κ2) is 8.81. The van der Waals surface area contributed by atoms with E-state index in [9.17, 15) is 5.11 Å². The summed E-state index contributed by atoms with van der Waals surface area (Å²) in [4.78, 5) is 8.97. The van der Waals surface area contributed by atoms with E-state index < -0.39 is 0 Å². The van der Waals surface area contributed by atoms with E-state index in [1.54, 1.807) is 12.1 Å². The molecule has 1 fully saturated rings. The number of pyridine rings is 2. The summed E-state index contributed by atoms with van der Waals surface area (Å²) in [7, 11) is 0. The molecule has 1 aliphatic heterocycles. The number of rotatable bonds is 7. The smallest absolute Gasteiger partial charge is 0.217 e. The standard InChI is InChI=1S/C20H26N2O3/c1-2-15-6-7-16(21-13-15)8-9-17-11-18(23)12-20(22-17)25-14-19-5-3-4-10-24-19/h6-7,11-13,19H,2-5,8-10,14H2,1H3,(H,22,23). The number of hydrogen-bond acceptors (Lipinski definition) is 5. The Morgan fingerprint density at radius 3 is 2.80 bits per heavy atom. The molecule has 0 aliphatic carbocycles. The molecule has 25 heavy (non-hydrogen) atoms. The van der Waals surface area contributed by atoms with Gasteiger partial charge in [0.05, 0.1) is 6.10 Å². The van der Waals surface area contributed by atoms with Crippen molar-refractivity contribution < 1.29 is 14.6 Å². The van der Waals surface area contributed by atoms with Crippen LogP contribution in [0.15, 0.2) is 30.5 Å². The van der Waals surface area contributed by atoms with Gasteiger partial charge in [0.1, 0.15) is 12.4 Å². The fourth-order valence-corrected chi connectivity index (χ4v) is 2.93. The van der Waals surface area contributed by atoms with Crippen LogP contribution >= 0.6 is 0 Å². The predicted octanol–water partition coefficient (Wildman–Crippen LogP) is 3.48. The maximum Gasteiger partial charge on any atom is 0.217 e. The summed E-state index contributed by atoms with van der Waals surface area (Å²) in [6, 6.07) is 7.40. The van der Waals surface area contributed by atoms with Gasteiger partial charge in [0.25, 0.3) is 0 Å². The summed E-state index contributed by atoms with van der Waals surface area (Å²) in [6.07, 6.45) is 7.86. The zero-order valence-corrected chi connectivity index (χ0v) is 14.8. The molecule has 0 amide bonds. The molecule has 5 nitrogen and oxygen atoms in total. The first-order chi connectivity index (χ1) is 12.2. The number of aromatic hydroxyl groups is 1. The fraction of sp³-hybridized carbons (Fsp3) is 0.500. The van der Waals surface area contributed by atoms with Crippen molar-refractivity contribution in [2.24, 2.45) is 0 Å². The van der Waals surface area contributed by atoms with Crippen LogP contribution in [0.3, 0.4) is 0 Å². The lowest BCUT2D eigenvalue weighted by Gasteiger charge is -2.22. The summed E-state index contributed by atoms with van der Waals surface area (Å²) in [6.45, 7) is 3.40. The first-order valence-electron chi connectivity index (χ1n) is 9.11. The van der Waals surface area contributed by atoms with E-state index in [4.69, 9.17) is 9.47 Å². The van der Waals surface area contributed by atoms with Crippen LogP contribution in [0.5, 0.6) is 11.6 Å². The molecule has 2 aromatic heterocycles. The van der Waals surface area contributed by atoms with Crippen molar-refractivity contribution >= 4 is 0 Å². The van der Waals surface area contributed by atoms with Crippen LogP contribution in [-0.4, -0.2) is 34.4 Å². The summed E-state index contributed by atoms with van der Waals surface area (Å²) >= 11 is 0. The van der Waals surface area contributed by atoms with E-state index in [1.165, 1.54) is 12.0 Å². The van der Waals surface area contributed by atoms with Gasteiger partial charge in [0, 0.05) is 36.3 Å². The minimum absolute atomic E-state index is 0.127. The molecule has 0 aromatic carbocycles. The second-order valence-corrected chi connectivity index (χ2v) is 6.47. The molecule has 1 saturated heterocycles. The van der Waals surface area contributed by atoms with Gasteiger partial charge < -0.3 is 14.6 Å². The molecular weight excluding hydrogens is 316 g/mol. The van der Waals surface area contributed by atoms with Crippen molar-refractivity contribution in [3.63, 3.8) is 0 Å². The van der Waals surface area contributed by atoms with Gasteiger partial charge in [-0.3, -0.25) is 4.98 Å². The van der Waals surface area contributed by atoms with Crippen LogP contribution in [0.2, 0.25) is 0 Å². The van der Waals surface area contributed by atoms with E-state index in [2.05, 4.69) is 29.0 Å². The normalized spacial score (nSPS) is 17.4. The minimum Gasteiger partial charge on any atom is -0.508 e. The number of aryl methyl sites for hydroxylation is 3. The summed E-state index contributed by atoms with van der Waals surface area (Å²) in [5.74, 6) is 0.636. The quantitative estimate of drug-likeness (QED) is 0.834. The largest absolute Gasteiger partial charge is 0.508 e. The van der Waals surface area contributed by atoms with E-state index in [0.717, 1.165) is 43.7 Å². The average Bonchev–Trinajstić information content (AvgIpc) is 2.66. The van der Waals surface area contributed by atoms with Gasteiger partial charge in [0.2, 0.25) is 5.88 Å². The Morgan fingerprint density at radius 1 is 1.20 bits per heavy atom. The van der Waals surface area contributed by atoms with Gasteiger partial charge >= 0.3 is 0 Å². The Balaban J connectivity index is 1.56. The molecule has 1 aliphatic rings. The lowest BCUT2D eigenvalue weighted by molar-refractivity contribution is -0.0120. The average molecular weight is 342 g/mol. The third-order valence-electron chi connectivity index (χ3n) is 4.46. The van der Waals surface area contributed by atoms with Crippen LogP contribution in [0.4, 0.5) is 0 Å². The molecule has 1 N–H and O–H groups in total.